The van der Waals surface area contributed by atoms with Gasteiger partial charge < -0.3 is 15.4 Å². The summed E-state index contributed by atoms with van der Waals surface area (Å²) in [5, 5.41) is 6.58. The third-order valence-electron chi connectivity index (χ3n) is 4.02. The molecule has 1 atom stereocenters. The Balaban J connectivity index is 0.00000102. The average Bonchev–Trinajstić information content (AvgIpc) is 3.32. The lowest BCUT2D eigenvalue weighted by atomic mass is 10.3. The van der Waals surface area contributed by atoms with Gasteiger partial charge in [-0.15, -0.1) is 0 Å². The van der Waals surface area contributed by atoms with E-state index in [1.165, 1.54) is 12.1 Å². The van der Waals surface area contributed by atoms with E-state index in [1.54, 1.807) is 29.1 Å². The normalized spacial score (nSPS) is 16.3. The van der Waals surface area contributed by atoms with Gasteiger partial charge in [0.15, 0.2) is 0 Å². The Morgan fingerprint density at radius 3 is 2.89 bits per heavy atom. The van der Waals surface area contributed by atoms with Crippen molar-refractivity contribution in [2.75, 3.05) is 18.4 Å². The van der Waals surface area contributed by atoms with Crippen LogP contribution >= 0.6 is 0 Å². The van der Waals surface area contributed by atoms with Crippen LogP contribution in [-0.4, -0.2) is 45.1 Å². The third kappa shape index (κ3) is 4.48. The van der Waals surface area contributed by atoms with E-state index in [4.69, 9.17) is 0 Å². The number of alkyl halides is 2. The lowest BCUT2D eigenvalue weighted by Crippen LogP contribution is -2.23. The summed E-state index contributed by atoms with van der Waals surface area (Å²) in [4.78, 5) is 13.0. The molecule has 7 nitrogen and oxygen atoms in total. The zero-order valence-corrected chi connectivity index (χ0v) is 15.2. The number of imidazole rings is 1. The van der Waals surface area contributed by atoms with E-state index in [0.717, 1.165) is 25.2 Å². The highest BCUT2D eigenvalue weighted by Gasteiger charge is 2.16. The first kappa shape index (κ1) is 19.0. The molecule has 0 amide bonds. The predicted molar refractivity (Wildman–Crippen MR) is 99.1 cm³/mol. The van der Waals surface area contributed by atoms with Crippen LogP contribution in [0.5, 0.6) is 5.75 Å². The molecule has 27 heavy (non-hydrogen) atoms. The van der Waals surface area contributed by atoms with Crippen molar-refractivity contribution >= 4 is 11.6 Å². The molecule has 2 N–H and O–H groups in total. The first-order valence-electron chi connectivity index (χ1n) is 8.91. The molecule has 0 aliphatic carbocycles. The van der Waals surface area contributed by atoms with E-state index < -0.39 is 6.61 Å². The molecule has 1 saturated heterocycles. The zero-order chi connectivity index (χ0) is 19.2. The fraction of sp³-hybridized carbons (Fsp3) is 0.389. The van der Waals surface area contributed by atoms with Gasteiger partial charge in [0.05, 0.1) is 17.6 Å². The van der Waals surface area contributed by atoms with Gasteiger partial charge in [-0.25, -0.2) is 15.0 Å². The number of nitrogens with one attached hydrogen (secondary N) is 2. The topological polar surface area (TPSA) is 76.4 Å². The molecule has 0 bridgehead atoms. The number of ether oxygens (including phenoxy) is 1. The van der Waals surface area contributed by atoms with Crippen molar-refractivity contribution in [2.24, 2.45) is 0 Å². The van der Waals surface area contributed by atoms with Gasteiger partial charge in [-0.3, -0.25) is 4.40 Å². The van der Waals surface area contributed by atoms with Crippen molar-refractivity contribution < 1.29 is 13.5 Å². The summed E-state index contributed by atoms with van der Waals surface area (Å²) in [5.41, 5.74) is 1.94. The SMILES string of the molecule is CC.FC(F)Oc1ccn2c(-c3ccnc(NC4CCNC4)n3)cnc2c1. The van der Waals surface area contributed by atoms with Gasteiger partial charge >= 0.3 is 6.61 Å². The Hall–Kier alpha value is -2.81. The fourth-order valence-electron chi connectivity index (χ4n) is 2.86. The van der Waals surface area contributed by atoms with Crippen molar-refractivity contribution in [2.45, 2.75) is 32.9 Å². The standard InChI is InChI=1S/C16H16F2N6O.C2H6/c17-15(18)25-11-3-6-24-13(9-21-14(24)7-11)12-2-5-20-16(23-12)22-10-1-4-19-8-10;1-2/h2-3,5-7,9-10,15,19H,1,4,8H2,(H,20,22,23);1-2H3. The molecule has 1 unspecified atom stereocenters. The van der Waals surface area contributed by atoms with Gasteiger partial charge in [0.25, 0.3) is 0 Å². The quantitative estimate of drug-likeness (QED) is 0.712. The summed E-state index contributed by atoms with van der Waals surface area (Å²) in [6.45, 7) is 3.00. The summed E-state index contributed by atoms with van der Waals surface area (Å²) < 4.78 is 30.8. The third-order valence-corrected chi connectivity index (χ3v) is 4.02. The van der Waals surface area contributed by atoms with Gasteiger partial charge in [-0.05, 0) is 25.1 Å². The second-order valence-electron chi connectivity index (χ2n) is 5.71. The maximum Gasteiger partial charge on any atom is 0.387 e. The molecular formula is C18H22F2N6O. The van der Waals surface area contributed by atoms with E-state index in [1.807, 2.05) is 13.8 Å². The smallest absolute Gasteiger partial charge is 0.387 e. The maximum atomic E-state index is 12.3. The average molecular weight is 376 g/mol. The highest BCUT2D eigenvalue weighted by Crippen LogP contribution is 2.23. The van der Waals surface area contributed by atoms with Crippen molar-refractivity contribution in [3.63, 3.8) is 0 Å². The second kappa shape index (κ2) is 8.72. The van der Waals surface area contributed by atoms with Gasteiger partial charge in [-0.2, -0.15) is 8.78 Å². The number of hydrogen-bond donors (Lipinski definition) is 2. The number of hydrogen-bond acceptors (Lipinski definition) is 6. The number of anilines is 1. The largest absolute Gasteiger partial charge is 0.435 e. The molecule has 0 radical (unpaired) electrons. The predicted octanol–water partition coefficient (Wildman–Crippen LogP) is 3.19. The fourth-order valence-corrected chi connectivity index (χ4v) is 2.86. The minimum Gasteiger partial charge on any atom is -0.435 e. The maximum absolute atomic E-state index is 12.3. The van der Waals surface area contributed by atoms with Crippen molar-refractivity contribution in [3.8, 4) is 17.1 Å². The Morgan fingerprint density at radius 2 is 2.15 bits per heavy atom. The molecule has 4 rings (SSSR count). The van der Waals surface area contributed by atoms with Gasteiger partial charge in [0.1, 0.15) is 11.4 Å². The monoisotopic (exact) mass is 376 g/mol. The highest BCUT2D eigenvalue weighted by molar-refractivity contribution is 5.61. The summed E-state index contributed by atoms with van der Waals surface area (Å²) in [6.07, 6.45) is 5.98. The van der Waals surface area contributed by atoms with E-state index in [0.29, 0.717) is 23.3 Å². The van der Waals surface area contributed by atoms with E-state index in [9.17, 15) is 8.78 Å². The molecule has 3 aromatic heterocycles. The Kier molecular flexibility index (Phi) is 6.12. The Labute approximate surface area is 155 Å². The summed E-state index contributed by atoms with van der Waals surface area (Å²) in [6, 6.07) is 5.02. The number of nitrogens with zero attached hydrogens (tertiary/aromatic N) is 4. The zero-order valence-electron chi connectivity index (χ0n) is 15.2. The number of rotatable bonds is 5. The molecule has 0 aromatic carbocycles. The molecule has 3 aromatic rings. The molecule has 144 valence electrons. The van der Waals surface area contributed by atoms with Crippen LogP contribution in [0.2, 0.25) is 0 Å². The number of halogens is 2. The lowest BCUT2D eigenvalue weighted by Gasteiger charge is -2.11. The van der Waals surface area contributed by atoms with E-state index in [2.05, 4.69) is 30.3 Å². The van der Waals surface area contributed by atoms with Gasteiger partial charge in [-0.1, -0.05) is 13.8 Å². The number of fused-ring (bicyclic) bond motifs is 1. The van der Waals surface area contributed by atoms with Crippen LogP contribution in [0.3, 0.4) is 0 Å². The molecule has 1 aliphatic heterocycles. The summed E-state index contributed by atoms with van der Waals surface area (Å²) in [5.74, 6) is 0.622. The van der Waals surface area contributed by atoms with E-state index >= 15 is 0 Å². The van der Waals surface area contributed by atoms with Crippen LogP contribution in [0.4, 0.5) is 14.7 Å². The molecular weight excluding hydrogens is 354 g/mol. The van der Waals surface area contributed by atoms with Crippen molar-refractivity contribution in [1.29, 1.82) is 0 Å². The Morgan fingerprint density at radius 1 is 1.30 bits per heavy atom. The van der Waals surface area contributed by atoms with Crippen LogP contribution in [0.1, 0.15) is 20.3 Å². The molecule has 9 heteroatoms. The molecule has 0 spiro atoms. The van der Waals surface area contributed by atoms with Crippen molar-refractivity contribution in [3.05, 3.63) is 36.8 Å². The van der Waals surface area contributed by atoms with Crippen LogP contribution in [-0.2, 0) is 0 Å². The minimum absolute atomic E-state index is 0.0680. The van der Waals surface area contributed by atoms with Crippen LogP contribution in [0, 0.1) is 0 Å². The molecule has 1 fully saturated rings. The van der Waals surface area contributed by atoms with E-state index in [-0.39, 0.29) is 5.75 Å². The molecule has 1 aliphatic rings. The number of pyridine rings is 1. The minimum atomic E-state index is -2.86. The lowest BCUT2D eigenvalue weighted by molar-refractivity contribution is -0.0498. The van der Waals surface area contributed by atoms with Gasteiger partial charge in [0, 0.05) is 31.0 Å². The summed E-state index contributed by atoms with van der Waals surface area (Å²) in [7, 11) is 0. The molecule has 0 saturated carbocycles. The molecule has 4 heterocycles. The van der Waals surface area contributed by atoms with Crippen molar-refractivity contribution in [1.82, 2.24) is 24.7 Å². The first-order chi connectivity index (χ1) is 13.2. The highest BCUT2D eigenvalue weighted by atomic mass is 19.3. The first-order valence-corrected chi connectivity index (χ1v) is 8.91. The number of aromatic nitrogens is 4. The van der Waals surface area contributed by atoms with Crippen LogP contribution in [0.25, 0.3) is 17.0 Å². The summed E-state index contributed by atoms with van der Waals surface area (Å²) >= 11 is 0. The van der Waals surface area contributed by atoms with Crippen LogP contribution < -0.4 is 15.4 Å². The van der Waals surface area contributed by atoms with Crippen LogP contribution in [0.15, 0.2) is 36.8 Å². The van der Waals surface area contributed by atoms with Gasteiger partial charge in [0.2, 0.25) is 5.95 Å². The second-order valence-corrected chi connectivity index (χ2v) is 5.71. The Bertz CT molecular complexity index is 879.